The molecule has 0 unspecified atom stereocenters. The highest BCUT2D eigenvalue weighted by molar-refractivity contribution is 5.82. The van der Waals surface area contributed by atoms with Crippen LogP contribution in [0, 0.1) is 0 Å². The molecule has 3 nitrogen and oxygen atoms in total. The van der Waals surface area contributed by atoms with Gasteiger partial charge in [0, 0.05) is 19.4 Å². The zero-order chi connectivity index (χ0) is 25.9. The van der Waals surface area contributed by atoms with Crippen molar-refractivity contribution in [1.82, 2.24) is 4.90 Å². The number of halogens is 6. The molecule has 188 valence electrons. The number of hydrogen-bond donors (Lipinski definition) is 0. The van der Waals surface area contributed by atoms with Gasteiger partial charge in [-0.3, -0.25) is 9.59 Å². The Bertz CT molecular complexity index is 1030. The molecule has 1 saturated carbocycles. The molecule has 0 N–H and O–H groups in total. The number of benzene rings is 2. The van der Waals surface area contributed by atoms with E-state index >= 15 is 0 Å². The molecule has 1 aliphatic carbocycles. The zero-order valence-electron chi connectivity index (χ0n) is 18.9. The van der Waals surface area contributed by atoms with Crippen molar-refractivity contribution in [3.05, 3.63) is 83.4 Å². The Morgan fingerprint density at radius 3 is 1.97 bits per heavy atom. The molecule has 0 saturated heterocycles. The molecule has 35 heavy (non-hydrogen) atoms. The predicted octanol–water partition coefficient (Wildman–Crippen LogP) is 6.71. The Balaban J connectivity index is 2.04. The molecule has 1 aliphatic rings. The van der Waals surface area contributed by atoms with Crippen LogP contribution in [0.4, 0.5) is 26.3 Å². The average Bonchev–Trinajstić information content (AvgIpc) is 2.80. The topological polar surface area (TPSA) is 37.4 Å². The van der Waals surface area contributed by atoms with Crippen molar-refractivity contribution >= 4 is 11.7 Å². The van der Waals surface area contributed by atoms with E-state index in [1.165, 1.54) is 4.90 Å². The van der Waals surface area contributed by atoms with Gasteiger partial charge >= 0.3 is 12.4 Å². The van der Waals surface area contributed by atoms with E-state index in [1.54, 1.807) is 24.3 Å². The van der Waals surface area contributed by atoms with Crippen LogP contribution in [-0.2, 0) is 33.9 Å². The van der Waals surface area contributed by atoms with Crippen LogP contribution in [0.25, 0.3) is 0 Å². The van der Waals surface area contributed by atoms with Gasteiger partial charge in [0.15, 0.2) is 0 Å². The monoisotopic (exact) mass is 497 g/mol. The number of carbonyl (C=O) groups is 2. The first kappa shape index (κ1) is 26.5. The normalized spacial score (nSPS) is 16.1. The van der Waals surface area contributed by atoms with Crippen LogP contribution in [0.3, 0.4) is 0 Å². The molecule has 0 spiro atoms. The minimum atomic E-state index is -5.00. The summed E-state index contributed by atoms with van der Waals surface area (Å²) < 4.78 is 79.8. The van der Waals surface area contributed by atoms with Gasteiger partial charge < -0.3 is 4.90 Å². The third kappa shape index (κ3) is 6.13. The standard InChI is InChI=1S/C26H25F6NO2/c1-2-3-13-33(24(11-9-22(34)10-12-24)19-7-5-4-6-8-19)23(35)16-18-14-20(25(27,28)29)17-21(15-18)26(30,31)32/h2,4-8,14-15,17H,1,3,9-13,16H2. The SMILES string of the molecule is C=CCCN(C(=O)Cc1cc(C(F)(F)F)cc(C(F)(F)F)c1)C1(c2ccccc2)CCC(=O)CC1. The summed E-state index contributed by atoms with van der Waals surface area (Å²) in [5, 5.41) is 0. The van der Waals surface area contributed by atoms with Crippen molar-refractivity contribution in [2.24, 2.45) is 0 Å². The van der Waals surface area contributed by atoms with E-state index in [0.29, 0.717) is 31.4 Å². The fourth-order valence-electron chi connectivity index (χ4n) is 4.59. The highest BCUT2D eigenvalue weighted by Crippen LogP contribution is 2.42. The van der Waals surface area contributed by atoms with Gasteiger partial charge in [-0.25, -0.2) is 0 Å². The van der Waals surface area contributed by atoms with Gasteiger partial charge in [-0.1, -0.05) is 36.4 Å². The van der Waals surface area contributed by atoms with Crippen molar-refractivity contribution in [3.8, 4) is 0 Å². The molecule has 0 aliphatic heterocycles. The largest absolute Gasteiger partial charge is 0.416 e. The molecule has 9 heteroatoms. The summed E-state index contributed by atoms with van der Waals surface area (Å²) in [5.41, 5.74) is -3.44. The lowest BCUT2D eigenvalue weighted by atomic mass is 9.74. The lowest BCUT2D eigenvalue weighted by molar-refractivity contribution is -0.144. The third-order valence-electron chi connectivity index (χ3n) is 6.32. The summed E-state index contributed by atoms with van der Waals surface area (Å²) in [6.07, 6.45) is -7.64. The highest BCUT2D eigenvalue weighted by Gasteiger charge is 2.44. The lowest BCUT2D eigenvalue weighted by Gasteiger charge is -2.47. The molecular weight excluding hydrogens is 472 g/mol. The first-order valence-electron chi connectivity index (χ1n) is 11.1. The van der Waals surface area contributed by atoms with Crippen molar-refractivity contribution < 1.29 is 35.9 Å². The first-order chi connectivity index (χ1) is 16.4. The second-order valence-electron chi connectivity index (χ2n) is 8.65. The van der Waals surface area contributed by atoms with E-state index < -0.39 is 41.3 Å². The summed E-state index contributed by atoms with van der Waals surface area (Å²) in [6.45, 7) is 3.83. The first-order valence-corrected chi connectivity index (χ1v) is 11.1. The number of amides is 1. The number of ketones is 1. The van der Waals surface area contributed by atoms with E-state index in [2.05, 4.69) is 6.58 Å². The Labute approximate surface area is 199 Å². The summed E-state index contributed by atoms with van der Waals surface area (Å²) >= 11 is 0. The minimum Gasteiger partial charge on any atom is -0.332 e. The number of nitrogens with zero attached hydrogens (tertiary/aromatic N) is 1. The van der Waals surface area contributed by atoms with E-state index in [-0.39, 0.29) is 36.8 Å². The van der Waals surface area contributed by atoms with Gasteiger partial charge in [-0.05, 0) is 48.6 Å². The van der Waals surface area contributed by atoms with E-state index in [9.17, 15) is 35.9 Å². The van der Waals surface area contributed by atoms with Crippen molar-refractivity contribution in [3.63, 3.8) is 0 Å². The molecule has 0 aromatic heterocycles. The maximum absolute atomic E-state index is 13.5. The van der Waals surface area contributed by atoms with Crippen LogP contribution >= 0.6 is 0 Å². The van der Waals surface area contributed by atoms with Crippen LogP contribution in [0.1, 0.15) is 54.4 Å². The number of carbonyl (C=O) groups excluding carboxylic acids is 2. The summed E-state index contributed by atoms with van der Waals surface area (Å²) in [7, 11) is 0. The molecule has 2 aromatic rings. The van der Waals surface area contributed by atoms with Crippen LogP contribution in [0.2, 0.25) is 0 Å². The molecule has 0 heterocycles. The van der Waals surface area contributed by atoms with Crippen molar-refractivity contribution in [2.45, 2.75) is 56.4 Å². The number of hydrogen-bond acceptors (Lipinski definition) is 2. The lowest BCUT2D eigenvalue weighted by Crippen LogP contribution is -2.52. The van der Waals surface area contributed by atoms with Gasteiger partial charge in [0.25, 0.3) is 0 Å². The number of alkyl halides is 6. The van der Waals surface area contributed by atoms with Crippen LogP contribution in [0.5, 0.6) is 0 Å². The Morgan fingerprint density at radius 2 is 1.49 bits per heavy atom. The van der Waals surface area contributed by atoms with Gasteiger partial charge in [0.05, 0.1) is 23.1 Å². The fraction of sp³-hybridized carbons (Fsp3) is 0.385. The second kappa shape index (κ2) is 10.3. The minimum absolute atomic E-state index is 0.0420. The summed E-state index contributed by atoms with van der Waals surface area (Å²) in [5.74, 6) is -0.571. The third-order valence-corrected chi connectivity index (χ3v) is 6.32. The Kier molecular flexibility index (Phi) is 7.77. The smallest absolute Gasteiger partial charge is 0.332 e. The molecule has 0 atom stereocenters. The molecule has 0 radical (unpaired) electrons. The highest BCUT2D eigenvalue weighted by atomic mass is 19.4. The van der Waals surface area contributed by atoms with Crippen molar-refractivity contribution in [1.29, 1.82) is 0 Å². The Hall–Kier alpha value is -3.10. The van der Waals surface area contributed by atoms with Gasteiger partial charge in [-0.15, -0.1) is 6.58 Å². The quantitative estimate of drug-likeness (QED) is 0.315. The molecule has 3 rings (SSSR count). The zero-order valence-corrected chi connectivity index (χ0v) is 18.9. The van der Waals surface area contributed by atoms with Crippen LogP contribution in [-0.4, -0.2) is 23.1 Å². The average molecular weight is 497 g/mol. The summed E-state index contributed by atoms with van der Waals surface area (Å²) in [6, 6.07) is 10.2. The number of Topliss-reactive ketones (excluding diaryl/α,β-unsaturated/α-hetero) is 1. The number of rotatable bonds is 7. The van der Waals surface area contributed by atoms with E-state index in [4.69, 9.17) is 0 Å². The second-order valence-corrected chi connectivity index (χ2v) is 8.65. The fourth-order valence-corrected chi connectivity index (χ4v) is 4.59. The molecule has 0 bridgehead atoms. The molecular formula is C26H25F6NO2. The van der Waals surface area contributed by atoms with E-state index in [1.807, 2.05) is 12.1 Å². The van der Waals surface area contributed by atoms with Gasteiger partial charge in [0.2, 0.25) is 5.91 Å². The van der Waals surface area contributed by atoms with Gasteiger partial charge in [0.1, 0.15) is 5.78 Å². The Morgan fingerprint density at radius 1 is 0.943 bits per heavy atom. The maximum atomic E-state index is 13.5. The molecule has 1 amide bonds. The van der Waals surface area contributed by atoms with E-state index in [0.717, 1.165) is 5.56 Å². The predicted molar refractivity (Wildman–Crippen MR) is 118 cm³/mol. The van der Waals surface area contributed by atoms with Crippen LogP contribution < -0.4 is 0 Å². The maximum Gasteiger partial charge on any atom is 0.416 e. The molecule has 1 fully saturated rings. The summed E-state index contributed by atoms with van der Waals surface area (Å²) in [4.78, 5) is 27.1. The van der Waals surface area contributed by atoms with Crippen molar-refractivity contribution in [2.75, 3.05) is 6.54 Å². The van der Waals surface area contributed by atoms with Crippen LogP contribution in [0.15, 0.2) is 61.2 Å². The van der Waals surface area contributed by atoms with Gasteiger partial charge in [-0.2, -0.15) is 26.3 Å². The molecule has 2 aromatic carbocycles.